The summed E-state index contributed by atoms with van der Waals surface area (Å²) in [7, 11) is -46.5. The van der Waals surface area contributed by atoms with E-state index in [1.807, 2.05) is 0 Å². The van der Waals surface area contributed by atoms with Crippen LogP contribution in [0.5, 0.6) is 0 Å². The molecule has 0 saturated heterocycles. The molecule has 9 N–H and O–H groups in total. The van der Waals surface area contributed by atoms with Crippen LogP contribution in [0.4, 0.5) is 43.2 Å². The smallest absolute Gasteiger partial charge is 0.870 e. The molecule has 101 heteroatoms. The number of carbonyl (C=O) groups is 9. The van der Waals surface area contributed by atoms with Crippen molar-refractivity contribution in [3.8, 4) is 0 Å². The summed E-state index contributed by atoms with van der Waals surface area (Å²) in [6.45, 7) is 0. The molecule has 0 atom stereocenters. The van der Waals surface area contributed by atoms with E-state index in [0.717, 1.165) is 0 Å². The molecule has 72 nitrogen and oxygen atoms in total. The Balaban J connectivity index is -0.00000000837. The number of hydrogen-bond donors (Lipinski definition) is 0. The third-order valence-corrected chi connectivity index (χ3v) is 0. The van der Waals surface area contributed by atoms with Gasteiger partial charge in [0.25, 0.3) is 0 Å². The summed E-state index contributed by atoms with van der Waals surface area (Å²) >= 11 is 0. The second-order valence-electron chi connectivity index (χ2n) is 5.92. The van der Waals surface area contributed by atoms with Crippen molar-refractivity contribution in [2.75, 3.05) is 0 Å². The minimum atomic E-state index is -5.17. The maximum atomic E-state index is 8.52. The third kappa shape index (κ3) is 84500. The molecule has 0 aliphatic carbocycles. The van der Waals surface area contributed by atoms with Gasteiger partial charge in [-0.2, -0.15) is 0 Å². The van der Waals surface area contributed by atoms with Gasteiger partial charge < -0.3 is 266 Å². The Bertz CT molecular complexity index is 2080. The molecule has 0 spiro atoms. The van der Waals surface area contributed by atoms with Crippen molar-refractivity contribution in [1.29, 1.82) is 0 Å². The zero-order valence-corrected chi connectivity index (χ0v) is 89.3. The standard InChI is InChI=1S/9CH2O3.5Fe.5Mg.5Mn.9H2O4S.9H2O.5Zn/c9*2-1(3)4;;;;;;;;;;;;;;;;9*1-5(2,3)4;;;;;;;;;;;;;;/h9*(H2,2,3,4);;;;;;;;;;;;;;;;9*(H2,1,2,3,4);9*1H2;;;;;/q;;;;;;;;;5*+3;10*+2;;;;;;;;;;;;;;;;;;;5*+2/p-45. The van der Waals surface area contributed by atoms with Crippen LogP contribution in [-0.2, 0) is 362 Å². The Morgan fingerprint density at radius 1 is 0.136 bits per heavy atom. The second-order valence-corrected chi connectivity index (χ2v) is 13.3. The normalized spacial score (nSPS) is 6.71. The molecule has 0 aromatic carbocycles. The van der Waals surface area contributed by atoms with Crippen molar-refractivity contribution < 1.29 is 610 Å². The van der Waals surface area contributed by atoms with Crippen LogP contribution in [-0.4, -0.2) is 378 Å². The molecule has 0 saturated carbocycles. The van der Waals surface area contributed by atoms with Gasteiger partial charge in [0.1, 0.15) is 0 Å². The molecule has 0 bridgehead atoms. The summed E-state index contributed by atoms with van der Waals surface area (Å²) in [6.07, 6.45) is -21.0. The van der Waals surface area contributed by atoms with Crippen molar-refractivity contribution >= 4 is 264 Å². The van der Waals surface area contributed by atoms with Gasteiger partial charge in [-0.15, -0.1) is 0 Å². The van der Waals surface area contributed by atoms with Crippen molar-refractivity contribution in [3.63, 3.8) is 0 Å². The zero-order valence-electron chi connectivity index (χ0n) is 48.6. The Morgan fingerprint density at radius 3 is 0.136 bits per heavy atom. The molecule has 0 rings (SSSR count). The van der Waals surface area contributed by atoms with E-state index >= 15 is 0 Å². The molecule has 110 heavy (non-hydrogen) atoms. The molecule has 0 aromatic heterocycles. The number of hydrogen-bond acceptors (Lipinski definition) is 72. The van der Waals surface area contributed by atoms with Gasteiger partial charge in [0, 0.05) is 93.6 Å². The number of carboxylic acid groups (broad SMARTS) is 18. The van der Waals surface area contributed by atoms with Gasteiger partial charge in [-0.3, -0.25) is 75.8 Å². The Kier molecular flexibility index (Phi) is 578. The minimum Gasteiger partial charge on any atom is -0.870 e. The topological polar surface area (TPSA) is 1560 Å². The number of rotatable bonds is 0. The Labute approximate surface area is 861 Å². The predicted octanol–water partition coefficient (Wildman–Crippen LogP) is -37.6. The summed E-state index contributed by atoms with van der Waals surface area (Å²) in [4.78, 5) is 75.0. The summed E-state index contributed by atoms with van der Waals surface area (Å²) in [5.41, 5.74) is 0. The molecule has 0 aliphatic heterocycles. The van der Waals surface area contributed by atoms with Crippen LogP contribution in [0.25, 0.3) is 0 Å². The summed E-state index contributed by atoms with van der Waals surface area (Å²) < 4.78 is 307. The molecular weight excluding hydrogens is 2550 g/mol. The number of carbonyl (C=O) groups excluding carboxylic acids is 9. The molecule has 626 valence electrons. The van der Waals surface area contributed by atoms with Crippen LogP contribution in [0.15, 0.2) is 0 Å². The Morgan fingerprint density at radius 2 is 0.136 bits per heavy atom. The van der Waals surface area contributed by atoms with E-state index < -0.39 is 149 Å². The van der Waals surface area contributed by atoms with Gasteiger partial charge >= 0.3 is 383 Å². The SMILES string of the molecule is O=C([O-])[O-].O=C([O-])[O-].O=C([O-])[O-].O=C([O-])[O-].O=C([O-])[O-].O=C([O-])[O-].O=C([O-])[O-].O=C([O-])[O-].O=C([O-])[O-].O=S(=O)([O-])[O-].O=S(=O)([O-])[O-].O=S(=O)([O-])[O-].O=S(=O)([O-])[O-].O=S(=O)([O-])[O-].O=S(=O)([O-])[O-].O=S(=O)([O-])[O-].O=S(=O)([O-])[O-].O=S(=O)([O-])[O-].[Fe+3].[Fe+3].[Fe+3].[Fe+3].[Fe+3].[Mg+2].[Mg+2].[Mg+2].[Mg+2].[Mg+2].[Mn+2].[Mn+2].[Mn+2].[Mn+2].[Mn+2].[OH-].[OH-].[OH-].[OH-].[OH-].[OH-].[OH-].[OH-].[OH-].[Zn+2].[Zn+2].[Zn+2].[Zn+2].[Zn+2]. The van der Waals surface area contributed by atoms with E-state index in [1.165, 1.54) is 0 Å². The first-order valence-electron chi connectivity index (χ1n) is 11.5. The van der Waals surface area contributed by atoms with Crippen molar-refractivity contribution in [1.82, 2.24) is 0 Å². The first kappa shape index (κ1) is 324. The quantitative estimate of drug-likeness (QED) is 0.123. The van der Waals surface area contributed by atoms with E-state index in [0.29, 0.717) is 0 Å². The first-order chi connectivity index (χ1) is 33.6. The van der Waals surface area contributed by atoms with Crippen LogP contribution in [0, 0.1) is 0 Å². The van der Waals surface area contributed by atoms with Crippen LogP contribution in [0.1, 0.15) is 0 Å². The molecule has 0 amide bonds. The maximum absolute atomic E-state index is 8.52. The van der Waals surface area contributed by atoms with E-state index in [4.69, 9.17) is 293 Å². The van der Waals surface area contributed by atoms with Crippen LogP contribution < -0.4 is 91.9 Å². The molecule has 0 heterocycles. The van der Waals surface area contributed by atoms with Gasteiger partial charge in [-0.1, -0.05) is 0 Å². The van der Waals surface area contributed by atoms with Crippen LogP contribution in [0.3, 0.4) is 0 Å². The monoisotopic (exact) mass is 2550 g/mol. The summed E-state index contributed by atoms with van der Waals surface area (Å²) in [5, 5.41) is 150. The van der Waals surface area contributed by atoms with Gasteiger partial charge in [-0.05, 0) is 55.4 Å². The van der Waals surface area contributed by atoms with Gasteiger partial charge in [-0.25, -0.2) is 0 Å². The molecule has 0 aromatic rings. The minimum absolute atomic E-state index is 0. The first-order valence-corrected chi connectivity index (χ1v) is 23.5. The summed E-state index contributed by atoms with van der Waals surface area (Å²) in [6, 6.07) is 0. The summed E-state index contributed by atoms with van der Waals surface area (Å²) in [5.74, 6) is 0. The molecular formula is C9H9Fe5Mg5Mn5O72S9Zn5. The van der Waals surface area contributed by atoms with E-state index in [2.05, 4.69) is 0 Å². The van der Waals surface area contributed by atoms with Crippen LogP contribution >= 0.6 is 0 Å². The fraction of sp³-hybridized carbons (Fsp3) is 0. The third-order valence-electron chi connectivity index (χ3n) is 0. The molecule has 0 unspecified atom stereocenters. The maximum Gasteiger partial charge on any atom is 3.00 e. The van der Waals surface area contributed by atoms with Crippen molar-refractivity contribution in [2.24, 2.45) is 0 Å². The molecule has 0 fully saturated rings. The molecule has 0 aliphatic rings. The Hall–Kier alpha value is 4.04. The van der Waals surface area contributed by atoms with E-state index in [1.54, 1.807) is 0 Å². The van der Waals surface area contributed by atoms with Gasteiger partial charge in [0.2, 0.25) is 0 Å². The van der Waals surface area contributed by atoms with E-state index in [-0.39, 0.29) is 433 Å². The predicted molar refractivity (Wildman–Crippen MR) is 189 cm³/mol. The average Bonchev–Trinajstić information content (AvgIpc) is 2.85. The van der Waals surface area contributed by atoms with Gasteiger partial charge in [0.05, 0.1) is 0 Å². The second kappa shape index (κ2) is 196. The average molecular weight is 2560 g/mol. The fourth-order valence-electron chi connectivity index (χ4n) is 0. The molecule has 10 radical (unpaired) electrons. The van der Waals surface area contributed by atoms with Crippen molar-refractivity contribution in [3.05, 3.63) is 0 Å². The van der Waals surface area contributed by atoms with Crippen molar-refractivity contribution in [2.45, 2.75) is 0 Å². The fourth-order valence-corrected chi connectivity index (χ4v) is 0. The zero-order chi connectivity index (χ0) is 72.7. The van der Waals surface area contributed by atoms with E-state index in [9.17, 15) is 0 Å². The van der Waals surface area contributed by atoms with Gasteiger partial charge in [0.15, 0.2) is 0 Å². The largest absolute Gasteiger partial charge is 3.00 e. The van der Waals surface area contributed by atoms with Crippen LogP contribution in [0.2, 0.25) is 0 Å².